The van der Waals surface area contributed by atoms with Crippen LogP contribution in [-0.4, -0.2) is 32.8 Å². The predicted molar refractivity (Wildman–Crippen MR) is 119 cm³/mol. The summed E-state index contributed by atoms with van der Waals surface area (Å²) in [4.78, 5) is 32.1. The number of ether oxygens (including phenoxy) is 1. The minimum atomic E-state index is -0.288. The normalized spacial score (nSPS) is 10.8. The number of hydrogen-bond acceptors (Lipinski definition) is 6. The van der Waals surface area contributed by atoms with E-state index in [0.717, 1.165) is 17.7 Å². The van der Waals surface area contributed by atoms with Gasteiger partial charge in [-0.05, 0) is 36.2 Å². The van der Waals surface area contributed by atoms with Gasteiger partial charge < -0.3 is 14.5 Å². The molecule has 0 saturated heterocycles. The van der Waals surface area contributed by atoms with Gasteiger partial charge in [-0.15, -0.1) is 0 Å². The van der Waals surface area contributed by atoms with Gasteiger partial charge in [-0.3, -0.25) is 14.6 Å². The molecule has 1 amide bonds. The van der Waals surface area contributed by atoms with E-state index in [-0.39, 0.29) is 23.8 Å². The summed E-state index contributed by atoms with van der Waals surface area (Å²) >= 11 is 0. The molecule has 4 rings (SSSR count). The zero-order valence-electron chi connectivity index (χ0n) is 17.8. The number of amides is 1. The number of aryl methyl sites for hydroxylation is 1. The Bertz CT molecular complexity index is 1260. The van der Waals surface area contributed by atoms with Crippen molar-refractivity contribution in [1.82, 2.24) is 19.7 Å². The molecule has 32 heavy (non-hydrogen) atoms. The number of aromatic nitrogens is 4. The van der Waals surface area contributed by atoms with Crippen molar-refractivity contribution in [2.45, 2.75) is 26.2 Å². The van der Waals surface area contributed by atoms with E-state index in [0.29, 0.717) is 29.4 Å². The molecule has 9 heteroatoms. The third-order valence-electron chi connectivity index (χ3n) is 4.76. The average molecular weight is 433 g/mol. The average Bonchev–Trinajstić information content (AvgIpc) is 3.44. The maximum Gasteiger partial charge on any atom is 0.252 e. The van der Waals surface area contributed by atoms with E-state index in [9.17, 15) is 9.59 Å². The molecule has 0 unspecified atom stereocenters. The van der Waals surface area contributed by atoms with Crippen LogP contribution in [0.3, 0.4) is 0 Å². The van der Waals surface area contributed by atoms with Gasteiger partial charge in [0.05, 0.1) is 19.8 Å². The van der Waals surface area contributed by atoms with Gasteiger partial charge in [0, 0.05) is 17.8 Å². The molecule has 9 nitrogen and oxygen atoms in total. The fraction of sp³-hybridized carbons (Fsp3) is 0.217. The second-order valence-corrected chi connectivity index (χ2v) is 7.19. The van der Waals surface area contributed by atoms with E-state index in [2.05, 4.69) is 20.4 Å². The van der Waals surface area contributed by atoms with Gasteiger partial charge in [0.25, 0.3) is 5.56 Å². The molecule has 0 aliphatic heterocycles. The van der Waals surface area contributed by atoms with Gasteiger partial charge >= 0.3 is 0 Å². The minimum Gasteiger partial charge on any atom is -0.497 e. The second kappa shape index (κ2) is 9.34. The number of nitrogens with zero attached hydrogens (tertiary/aromatic N) is 3. The quantitative estimate of drug-likeness (QED) is 0.440. The first-order valence-corrected chi connectivity index (χ1v) is 10.2. The third kappa shape index (κ3) is 4.77. The van der Waals surface area contributed by atoms with Crippen molar-refractivity contribution in [3.8, 4) is 23.2 Å². The first-order valence-electron chi connectivity index (χ1n) is 10.2. The topological polar surface area (TPSA) is 115 Å². The number of hydrogen-bond donors (Lipinski definition) is 2. The van der Waals surface area contributed by atoms with Crippen molar-refractivity contribution < 1.29 is 13.9 Å². The van der Waals surface area contributed by atoms with Crippen LogP contribution < -0.4 is 15.6 Å². The van der Waals surface area contributed by atoms with E-state index < -0.39 is 0 Å². The summed E-state index contributed by atoms with van der Waals surface area (Å²) < 4.78 is 12.0. The molecule has 0 radical (unpaired) electrons. The number of carbonyl (C=O) groups excluding carboxylic acids is 1. The second-order valence-electron chi connectivity index (χ2n) is 7.19. The van der Waals surface area contributed by atoms with Crippen molar-refractivity contribution >= 4 is 11.7 Å². The van der Waals surface area contributed by atoms with E-state index in [4.69, 9.17) is 9.15 Å². The fourth-order valence-corrected chi connectivity index (χ4v) is 3.27. The summed E-state index contributed by atoms with van der Waals surface area (Å²) in [6.07, 6.45) is 3.20. The summed E-state index contributed by atoms with van der Waals surface area (Å²) in [6, 6.07) is 13.9. The molecule has 0 spiro atoms. The number of aromatic amines is 1. The van der Waals surface area contributed by atoms with Crippen LogP contribution in [0.2, 0.25) is 0 Å². The number of nitrogens with one attached hydrogen (secondary N) is 2. The van der Waals surface area contributed by atoms with Gasteiger partial charge in [0.1, 0.15) is 17.3 Å². The molecule has 164 valence electrons. The highest BCUT2D eigenvalue weighted by Crippen LogP contribution is 2.24. The lowest BCUT2D eigenvalue weighted by atomic mass is 10.1. The maximum absolute atomic E-state index is 12.8. The van der Waals surface area contributed by atoms with Crippen LogP contribution >= 0.6 is 0 Å². The Balaban J connectivity index is 1.66. The van der Waals surface area contributed by atoms with Crippen molar-refractivity contribution in [2.24, 2.45) is 0 Å². The number of furan rings is 1. The lowest BCUT2D eigenvalue weighted by Gasteiger charge is -2.09. The summed E-state index contributed by atoms with van der Waals surface area (Å²) in [6.45, 7) is 2.01. The zero-order chi connectivity index (χ0) is 22.5. The van der Waals surface area contributed by atoms with Crippen molar-refractivity contribution in [1.29, 1.82) is 0 Å². The monoisotopic (exact) mass is 433 g/mol. The number of benzene rings is 1. The van der Waals surface area contributed by atoms with Gasteiger partial charge in [-0.1, -0.05) is 25.5 Å². The molecular weight excluding hydrogens is 410 g/mol. The van der Waals surface area contributed by atoms with Crippen LogP contribution in [0.4, 0.5) is 5.82 Å². The Morgan fingerprint density at radius 3 is 2.72 bits per heavy atom. The summed E-state index contributed by atoms with van der Waals surface area (Å²) in [7, 11) is 1.59. The van der Waals surface area contributed by atoms with Gasteiger partial charge in [0.15, 0.2) is 5.76 Å². The van der Waals surface area contributed by atoms with Crippen LogP contribution in [0.5, 0.6) is 5.75 Å². The Kier molecular flexibility index (Phi) is 6.16. The van der Waals surface area contributed by atoms with E-state index >= 15 is 0 Å². The number of rotatable bonds is 8. The first-order chi connectivity index (χ1) is 15.6. The van der Waals surface area contributed by atoms with Gasteiger partial charge in [0.2, 0.25) is 11.9 Å². The summed E-state index contributed by atoms with van der Waals surface area (Å²) in [5.74, 6) is 1.60. The van der Waals surface area contributed by atoms with E-state index in [1.54, 1.807) is 37.4 Å². The molecule has 2 N–H and O–H groups in total. The molecule has 3 heterocycles. The summed E-state index contributed by atoms with van der Waals surface area (Å²) in [5.41, 5.74) is 1.69. The molecule has 3 aromatic heterocycles. The number of carbonyl (C=O) groups is 1. The van der Waals surface area contributed by atoms with Crippen molar-refractivity contribution in [3.05, 3.63) is 76.4 Å². The number of H-pyrrole nitrogens is 1. The molecule has 0 atom stereocenters. The summed E-state index contributed by atoms with van der Waals surface area (Å²) in [5, 5.41) is 7.37. The van der Waals surface area contributed by atoms with Crippen molar-refractivity contribution in [2.75, 3.05) is 12.4 Å². The van der Waals surface area contributed by atoms with E-state index in [1.165, 1.54) is 17.0 Å². The van der Waals surface area contributed by atoms with Crippen LogP contribution in [-0.2, 0) is 17.6 Å². The lowest BCUT2D eigenvalue weighted by Crippen LogP contribution is -2.20. The molecular formula is C23H23N5O4. The minimum absolute atomic E-state index is 0.158. The van der Waals surface area contributed by atoms with Crippen molar-refractivity contribution in [3.63, 3.8) is 0 Å². The van der Waals surface area contributed by atoms with Crippen LogP contribution in [0, 0.1) is 0 Å². The van der Waals surface area contributed by atoms with Crippen LogP contribution in [0.25, 0.3) is 17.4 Å². The van der Waals surface area contributed by atoms with Crippen LogP contribution in [0.1, 0.15) is 24.6 Å². The highest BCUT2D eigenvalue weighted by molar-refractivity contribution is 5.92. The highest BCUT2D eigenvalue weighted by atomic mass is 16.5. The fourth-order valence-electron chi connectivity index (χ4n) is 3.27. The molecule has 0 aliphatic rings. The molecule has 1 aromatic carbocycles. The van der Waals surface area contributed by atoms with E-state index in [1.807, 2.05) is 19.1 Å². The predicted octanol–water partition coefficient (Wildman–Crippen LogP) is 3.36. The van der Waals surface area contributed by atoms with Gasteiger partial charge in [-0.2, -0.15) is 9.78 Å². The lowest BCUT2D eigenvalue weighted by molar-refractivity contribution is -0.115. The number of methoxy groups -OCH3 is 1. The Morgan fingerprint density at radius 1 is 1.22 bits per heavy atom. The maximum atomic E-state index is 12.8. The molecule has 0 bridgehead atoms. The third-order valence-corrected chi connectivity index (χ3v) is 4.76. The Labute approximate surface area is 184 Å². The molecule has 0 saturated carbocycles. The standard InChI is InChI=1S/C23H23N5O4/c1-3-5-16-13-22(30)26-23(24-16)28-20(14-18(27-28)19-6-4-11-32-19)25-21(29)12-15-7-9-17(31-2)10-8-15/h4,6-11,13-14H,3,5,12H2,1-2H3,(H,25,29)(H,24,26,30). The first kappa shape index (κ1) is 21.1. The largest absolute Gasteiger partial charge is 0.497 e. The SMILES string of the molecule is CCCc1cc(=O)[nH]c(-n2nc(-c3ccco3)cc2NC(=O)Cc2ccc(OC)cc2)n1. The Hall–Kier alpha value is -4.14. The molecule has 4 aromatic rings. The van der Waals surface area contributed by atoms with Crippen LogP contribution in [0.15, 0.2) is 64.0 Å². The Morgan fingerprint density at radius 2 is 2.03 bits per heavy atom. The molecule has 0 aliphatic carbocycles. The number of anilines is 1. The highest BCUT2D eigenvalue weighted by Gasteiger charge is 2.17. The van der Waals surface area contributed by atoms with Gasteiger partial charge in [-0.25, -0.2) is 4.98 Å². The smallest absolute Gasteiger partial charge is 0.252 e. The molecule has 0 fully saturated rings. The zero-order valence-corrected chi connectivity index (χ0v) is 17.8.